The van der Waals surface area contributed by atoms with E-state index in [2.05, 4.69) is 27.1 Å². The molecule has 0 aromatic carbocycles. The van der Waals surface area contributed by atoms with Crippen LogP contribution < -0.4 is 0 Å². The lowest BCUT2D eigenvalue weighted by molar-refractivity contribution is 0.0592. The fraction of sp³-hybridized carbons (Fsp3) is 0.579. The zero-order valence-corrected chi connectivity index (χ0v) is 15.6. The Morgan fingerprint density at radius 1 is 1.31 bits per heavy atom. The van der Waals surface area contributed by atoms with Gasteiger partial charge in [0, 0.05) is 31.5 Å². The van der Waals surface area contributed by atoms with Crippen LogP contribution in [-0.2, 0) is 0 Å². The van der Waals surface area contributed by atoms with E-state index in [1.54, 1.807) is 6.20 Å². The first-order chi connectivity index (χ1) is 12.5. The van der Waals surface area contributed by atoms with Gasteiger partial charge in [0.05, 0.1) is 11.6 Å². The maximum Gasteiger partial charge on any atom is 0.255 e. The summed E-state index contributed by atoms with van der Waals surface area (Å²) in [6.07, 6.45) is 4.75. The van der Waals surface area contributed by atoms with Gasteiger partial charge in [0.1, 0.15) is 0 Å². The molecule has 0 N–H and O–H groups in total. The monoisotopic (exact) mass is 355 g/mol. The molecule has 2 saturated heterocycles. The first kappa shape index (κ1) is 17.1. The Kier molecular flexibility index (Phi) is 4.26. The number of hydrogen-bond donors (Lipinski definition) is 0. The lowest BCUT2D eigenvalue weighted by Crippen LogP contribution is -2.44. The lowest BCUT2D eigenvalue weighted by Gasteiger charge is -2.39. The summed E-state index contributed by atoms with van der Waals surface area (Å²) in [7, 11) is 2.12. The minimum atomic E-state index is 0.0980. The molecule has 138 valence electrons. The lowest BCUT2D eigenvalue weighted by atomic mass is 9.76. The van der Waals surface area contributed by atoms with Crippen LogP contribution in [0.5, 0.6) is 0 Å². The Balaban J connectivity index is 1.43. The van der Waals surface area contributed by atoms with Gasteiger partial charge in [0.15, 0.2) is 5.82 Å². The van der Waals surface area contributed by atoms with Crippen LogP contribution in [0, 0.1) is 19.3 Å². The molecule has 26 heavy (non-hydrogen) atoms. The molecular formula is C19H25N5O2. The van der Waals surface area contributed by atoms with E-state index < -0.39 is 0 Å². The highest BCUT2D eigenvalue weighted by atomic mass is 16.5. The quantitative estimate of drug-likeness (QED) is 0.823. The van der Waals surface area contributed by atoms with Crippen molar-refractivity contribution >= 4 is 5.91 Å². The summed E-state index contributed by atoms with van der Waals surface area (Å²) in [6.45, 7) is 6.32. The van der Waals surface area contributed by atoms with Crippen molar-refractivity contribution in [3.63, 3.8) is 0 Å². The number of nitrogens with zero attached hydrogens (tertiary/aromatic N) is 5. The van der Waals surface area contributed by atoms with Crippen LogP contribution in [-0.4, -0.2) is 57.5 Å². The molecule has 7 nitrogen and oxygen atoms in total. The molecule has 2 aromatic rings. The number of piperidine rings is 1. The highest BCUT2D eigenvalue weighted by molar-refractivity contribution is 5.95. The third-order valence-electron chi connectivity index (χ3n) is 5.92. The van der Waals surface area contributed by atoms with E-state index in [1.165, 1.54) is 0 Å². The summed E-state index contributed by atoms with van der Waals surface area (Å²) < 4.78 is 5.41. The van der Waals surface area contributed by atoms with Crippen LogP contribution in [0.25, 0.3) is 0 Å². The van der Waals surface area contributed by atoms with E-state index in [1.807, 2.05) is 30.9 Å². The Morgan fingerprint density at radius 2 is 2.08 bits per heavy atom. The van der Waals surface area contributed by atoms with Crippen LogP contribution in [0.4, 0.5) is 0 Å². The highest BCUT2D eigenvalue weighted by Gasteiger charge is 2.47. The topological polar surface area (TPSA) is 75.4 Å². The molecule has 2 fully saturated rings. The van der Waals surface area contributed by atoms with E-state index >= 15 is 0 Å². The van der Waals surface area contributed by atoms with Crippen LogP contribution >= 0.6 is 0 Å². The zero-order valence-electron chi connectivity index (χ0n) is 15.6. The van der Waals surface area contributed by atoms with Crippen molar-refractivity contribution in [3.05, 3.63) is 41.3 Å². The second-order valence-electron chi connectivity index (χ2n) is 7.74. The number of hydrogen-bond acceptors (Lipinski definition) is 6. The summed E-state index contributed by atoms with van der Waals surface area (Å²) in [5.41, 5.74) is 1.74. The molecule has 0 saturated carbocycles. The summed E-state index contributed by atoms with van der Waals surface area (Å²) >= 11 is 0. The Morgan fingerprint density at radius 3 is 2.73 bits per heavy atom. The number of aromatic nitrogens is 3. The Bertz CT molecular complexity index is 810. The number of amides is 1. The average molecular weight is 355 g/mol. The third-order valence-corrected chi connectivity index (χ3v) is 5.92. The molecule has 4 heterocycles. The molecule has 2 aliphatic rings. The van der Waals surface area contributed by atoms with E-state index in [9.17, 15) is 4.79 Å². The molecule has 0 aliphatic carbocycles. The fourth-order valence-electron chi connectivity index (χ4n) is 4.42. The van der Waals surface area contributed by atoms with Gasteiger partial charge in [-0.25, -0.2) is 0 Å². The number of pyridine rings is 1. The fourth-order valence-corrected chi connectivity index (χ4v) is 4.42. The molecular weight excluding hydrogens is 330 g/mol. The van der Waals surface area contributed by atoms with Gasteiger partial charge in [0.25, 0.3) is 5.91 Å². The van der Waals surface area contributed by atoms with Gasteiger partial charge < -0.3 is 9.42 Å². The second-order valence-corrected chi connectivity index (χ2v) is 7.74. The van der Waals surface area contributed by atoms with E-state index in [4.69, 9.17) is 4.52 Å². The van der Waals surface area contributed by atoms with Gasteiger partial charge in [-0.05, 0) is 57.7 Å². The van der Waals surface area contributed by atoms with E-state index in [0.29, 0.717) is 17.3 Å². The molecule has 2 aromatic heterocycles. The highest BCUT2D eigenvalue weighted by Crippen LogP contribution is 2.48. The molecule has 0 radical (unpaired) electrons. The van der Waals surface area contributed by atoms with Crippen molar-refractivity contribution in [3.8, 4) is 0 Å². The van der Waals surface area contributed by atoms with Crippen LogP contribution in [0.1, 0.15) is 53.1 Å². The van der Waals surface area contributed by atoms with Crippen molar-refractivity contribution in [2.24, 2.45) is 5.41 Å². The van der Waals surface area contributed by atoms with Crippen molar-refractivity contribution in [1.82, 2.24) is 24.9 Å². The van der Waals surface area contributed by atoms with Crippen LogP contribution in [0.3, 0.4) is 0 Å². The molecule has 2 aliphatic heterocycles. The van der Waals surface area contributed by atoms with E-state index in [0.717, 1.165) is 44.6 Å². The minimum Gasteiger partial charge on any atom is -0.339 e. The number of rotatable bonds is 2. The Hall–Kier alpha value is -2.28. The molecule has 1 amide bonds. The molecule has 7 heteroatoms. The van der Waals surface area contributed by atoms with Crippen molar-refractivity contribution < 1.29 is 9.32 Å². The average Bonchev–Trinajstić information content (AvgIpc) is 3.19. The summed E-state index contributed by atoms with van der Waals surface area (Å²) in [5.74, 6) is 1.49. The van der Waals surface area contributed by atoms with Crippen molar-refractivity contribution in [2.45, 2.75) is 39.2 Å². The number of likely N-dealkylation sites (tertiary alicyclic amines) is 2. The summed E-state index contributed by atoms with van der Waals surface area (Å²) in [4.78, 5) is 25.8. The Labute approximate surface area is 153 Å². The molecule has 1 spiro atoms. The zero-order chi connectivity index (χ0) is 18.3. The predicted octanol–water partition coefficient (Wildman–Crippen LogP) is 2.38. The first-order valence-corrected chi connectivity index (χ1v) is 9.19. The predicted molar refractivity (Wildman–Crippen MR) is 95.6 cm³/mol. The maximum absolute atomic E-state index is 12.8. The number of carbonyl (C=O) groups excluding carboxylic acids is 1. The maximum atomic E-state index is 12.8. The van der Waals surface area contributed by atoms with Crippen molar-refractivity contribution in [2.75, 3.05) is 26.7 Å². The smallest absolute Gasteiger partial charge is 0.255 e. The largest absolute Gasteiger partial charge is 0.339 e. The number of carbonyl (C=O) groups is 1. The molecule has 1 unspecified atom stereocenters. The van der Waals surface area contributed by atoms with Crippen LogP contribution in [0.15, 0.2) is 22.9 Å². The summed E-state index contributed by atoms with van der Waals surface area (Å²) in [5, 5.41) is 3.93. The standard InChI is InChI=1S/C19H25N5O2/c1-13-15(5-4-8-20-13)18(25)24-9-6-19(7-10-24)11-16(23(3)12-19)17-21-14(2)22-26-17/h4-5,8,16H,6-7,9-12H2,1-3H3. The van der Waals surface area contributed by atoms with Gasteiger partial charge in [-0.1, -0.05) is 5.16 Å². The van der Waals surface area contributed by atoms with Gasteiger partial charge in [-0.3, -0.25) is 14.7 Å². The minimum absolute atomic E-state index is 0.0980. The van der Waals surface area contributed by atoms with Gasteiger partial charge in [-0.15, -0.1) is 0 Å². The van der Waals surface area contributed by atoms with Gasteiger partial charge >= 0.3 is 0 Å². The summed E-state index contributed by atoms with van der Waals surface area (Å²) in [6, 6.07) is 3.87. The van der Waals surface area contributed by atoms with Crippen molar-refractivity contribution in [1.29, 1.82) is 0 Å². The van der Waals surface area contributed by atoms with Gasteiger partial charge in [-0.2, -0.15) is 4.98 Å². The molecule has 1 atom stereocenters. The molecule has 0 bridgehead atoms. The third kappa shape index (κ3) is 3.00. The SMILES string of the molecule is Cc1noc(C2CC3(CCN(C(=O)c4cccnc4C)CC3)CN2C)n1. The number of aryl methyl sites for hydroxylation is 2. The van der Waals surface area contributed by atoms with Crippen LogP contribution in [0.2, 0.25) is 0 Å². The van der Waals surface area contributed by atoms with Gasteiger partial charge in [0.2, 0.25) is 5.89 Å². The van der Waals surface area contributed by atoms with E-state index in [-0.39, 0.29) is 17.4 Å². The first-order valence-electron chi connectivity index (χ1n) is 9.19. The molecule has 4 rings (SSSR count). The second kappa shape index (κ2) is 6.46. The normalized spacial score (nSPS) is 22.9.